The van der Waals surface area contributed by atoms with Crippen molar-refractivity contribution < 1.29 is 14.2 Å². The predicted molar refractivity (Wildman–Crippen MR) is 71.1 cm³/mol. The molecule has 2 aliphatic rings. The van der Waals surface area contributed by atoms with Crippen molar-refractivity contribution in [2.75, 3.05) is 13.9 Å². The van der Waals surface area contributed by atoms with Crippen LogP contribution in [0.25, 0.3) is 0 Å². The van der Waals surface area contributed by atoms with E-state index in [2.05, 4.69) is 10.2 Å². The number of ether oxygens (including phenoxy) is 3. The van der Waals surface area contributed by atoms with Crippen molar-refractivity contribution in [1.29, 1.82) is 0 Å². The third-order valence-corrected chi connectivity index (χ3v) is 3.28. The molecule has 0 radical (unpaired) electrons. The van der Waals surface area contributed by atoms with E-state index in [1.807, 2.05) is 19.1 Å². The van der Waals surface area contributed by atoms with Crippen LogP contribution in [0.4, 0.5) is 0 Å². The van der Waals surface area contributed by atoms with Crippen molar-refractivity contribution in [3.8, 4) is 17.2 Å². The van der Waals surface area contributed by atoms with Crippen molar-refractivity contribution in [1.82, 2.24) is 0 Å². The van der Waals surface area contributed by atoms with Crippen molar-refractivity contribution in [3.05, 3.63) is 17.7 Å². The second-order valence-electron chi connectivity index (χ2n) is 4.59. The van der Waals surface area contributed by atoms with Gasteiger partial charge in [-0.25, -0.2) is 0 Å². The van der Waals surface area contributed by atoms with E-state index < -0.39 is 0 Å². The lowest BCUT2D eigenvalue weighted by atomic mass is 9.97. The van der Waals surface area contributed by atoms with E-state index in [0.29, 0.717) is 23.1 Å². The Kier molecular flexibility index (Phi) is 2.77. The number of methoxy groups -OCH3 is 1. The highest BCUT2D eigenvalue weighted by Gasteiger charge is 2.24. The number of hydrogen-bond acceptors (Lipinski definition) is 6. The Labute approximate surface area is 110 Å². The molecule has 1 unspecified atom stereocenters. The molecule has 0 saturated carbocycles. The van der Waals surface area contributed by atoms with Crippen molar-refractivity contribution in [2.24, 2.45) is 21.9 Å². The van der Waals surface area contributed by atoms with Crippen molar-refractivity contribution in [2.45, 2.75) is 13.3 Å². The topological polar surface area (TPSA) is 78.4 Å². The fraction of sp³-hybridized carbons (Fsp3) is 0.385. The van der Waals surface area contributed by atoms with Gasteiger partial charge in [-0.15, -0.1) is 5.10 Å². The average molecular weight is 261 g/mol. The van der Waals surface area contributed by atoms with Crippen LogP contribution in [0.1, 0.15) is 18.9 Å². The van der Waals surface area contributed by atoms with Crippen LogP contribution in [0, 0.1) is 5.92 Å². The molecular weight excluding hydrogens is 246 g/mol. The molecule has 100 valence electrons. The summed E-state index contributed by atoms with van der Waals surface area (Å²) in [5, 5.41) is 8.15. The summed E-state index contributed by atoms with van der Waals surface area (Å²) >= 11 is 0. The number of nitrogens with two attached hydrogens (primary N) is 1. The van der Waals surface area contributed by atoms with Crippen LogP contribution in [0.2, 0.25) is 0 Å². The van der Waals surface area contributed by atoms with Gasteiger partial charge in [-0.05, 0) is 12.1 Å². The smallest absolute Gasteiger partial charge is 0.231 e. The SMILES string of the molecule is COc1cc(C2=NN=C(N)C(C)C2)cc2c1OCO2. The molecular formula is C13H15N3O3. The molecule has 2 heterocycles. The third-order valence-electron chi connectivity index (χ3n) is 3.28. The number of rotatable bonds is 2. The molecule has 0 aromatic heterocycles. The number of nitrogens with zero attached hydrogens (tertiary/aromatic N) is 2. The molecule has 0 spiro atoms. The quantitative estimate of drug-likeness (QED) is 0.875. The molecule has 0 bridgehead atoms. The Balaban J connectivity index is 2.03. The van der Waals surface area contributed by atoms with Gasteiger partial charge in [0, 0.05) is 17.9 Å². The van der Waals surface area contributed by atoms with Gasteiger partial charge >= 0.3 is 0 Å². The summed E-state index contributed by atoms with van der Waals surface area (Å²) in [6.45, 7) is 2.24. The molecule has 19 heavy (non-hydrogen) atoms. The monoisotopic (exact) mass is 261 g/mol. The van der Waals surface area contributed by atoms with Crippen molar-refractivity contribution >= 4 is 11.5 Å². The summed E-state index contributed by atoms with van der Waals surface area (Å²) in [7, 11) is 1.60. The molecule has 0 aliphatic carbocycles. The highest BCUT2D eigenvalue weighted by Crippen LogP contribution is 2.42. The Bertz CT molecular complexity index is 581. The van der Waals surface area contributed by atoms with Gasteiger partial charge in [0.15, 0.2) is 11.5 Å². The van der Waals surface area contributed by atoms with Gasteiger partial charge in [-0.3, -0.25) is 0 Å². The van der Waals surface area contributed by atoms with Crippen LogP contribution in [-0.4, -0.2) is 25.5 Å². The second kappa shape index (κ2) is 4.46. The summed E-state index contributed by atoms with van der Waals surface area (Å²) in [5.74, 6) is 2.70. The van der Waals surface area contributed by atoms with Gasteiger partial charge < -0.3 is 19.9 Å². The minimum atomic E-state index is 0.184. The summed E-state index contributed by atoms with van der Waals surface area (Å²) in [4.78, 5) is 0. The van der Waals surface area contributed by atoms with Crippen molar-refractivity contribution in [3.63, 3.8) is 0 Å². The Morgan fingerprint density at radius 1 is 1.32 bits per heavy atom. The molecule has 6 heteroatoms. The Morgan fingerprint density at radius 3 is 2.89 bits per heavy atom. The van der Waals surface area contributed by atoms with Crippen LogP contribution < -0.4 is 19.9 Å². The van der Waals surface area contributed by atoms with Gasteiger partial charge in [0.05, 0.1) is 12.8 Å². The summed E-state index contributed by atoms with van der Waals surface area (Å²) in [6, 6.07) is 3.78. The zero-order chi connectivity index (χ0) is 13.4. The lowest BCUT2D eigenvalue weighted by molar-refractivity contribution is 0.171. The van der Waals surface area contributed by atoms with Gasteiger partial charge in [-0.2, -0.15) is 5.10 Å². The molecule has 6 nitrogen and oxygen atoms in total. The predicted octanol–water partition coefficient (Wildman–Crippen LogP) is 1.52. The first-order valence-corrected chi connectivity index (χ1v) is 6.07. The van der Waals surface area contributed by atoms with E-state index in [-0.39, 0.29) is 12.7 Å². The molecule has 1 atom stereocenters. The molecule has 0 saturated heterocycles. The summed E-state index contributed by atoms with van der Waals surface area (Å²) in [6.07, 6.45) is 0.748. The molecule has 3 rings (SSSR count). The highest BCUT2D eigenvalue weighted by atomic mass is 16.7. The first-order valence-electron chi connectivity index (χ1n) is 6.07. The highest BCUT2D eigenvalue weighted by molar-refractivity contribution is 6.05. The molecule has 2 aliphatic heterocycles. The zero-order valence-electron chi connectivity index (χ0n) is 10.8. The lowest BCUT2D eigenvalue weighted by Gasteiger charge is -2.17. The Hall–Kier alpha value is -2.24. The van der Waals surface area contributed by atoms with E-state index in [1.165, 1.54) is 0 Å². The van der Waals surface area contributed by atoms with E-state index in [9.17, 15) is 0 Å². The average Bonchev–Trinajstić information content (AvgIpc) is 2.89. The minimum absolute atomic E-state index is 0.184. The fourth-order valence-corrected chi connectivity index (χ4v) is 2.12. The standard InChI is InChI=1S/C13H15N3O3/c1-7-3-9(15-16-13(7)14)8-4-10(17-2)12-11(5-8)18-6-19-12/h4-5,7H,3,6H2,1-2H3,(H2,14,16). The third kappa shape index (κ3) is 1.99. The Morgan fingerprint density at radius 2 is 2.16 bits per heavy atom. The van der Waals surface area contributed by atoms with E-state index in [4.69, 9.17) is 19.9 Å². The zero-order valence-corrected chi connectivity index (χ0v) is 10.8. The summed E-state index contributed by atoms with van der Waals surface area (Å²) < 4.78 is 16.1. The van der Waals surface area contributed by atoms with Crippen LogP contribution in [0.5, 0.6) is 17.2 Å². The number of benzene rings is 1. The molecule has 0 amide bonds. The van der Waals surface area contributed by atoms with Crippen LogP contribution in [0.3, 0.4) is 0 Å². The van der Waals surface area contributed by atoms with Gasteiger partial charge in [-0.1, -0.05) is 6.92 Å². The largest absolute Gasteiger partial charge is 0.493 e. The number of hydrogen-bond donors (Lipinski definition) is 1. The molecule has 1 aromatic rings. The van der Waals surface area contributed by atoms with E-state index >= 15 is 0 Å². The van der Waals surface area contributed by atoms with E-state index in [0.717, 1.165) is 17.7 Å². The first-order chi connectivity index (χ1) is 9.19. The minimum Gasteiger partial charge on any atom is -0.493 e. The molecule has 0 fully saturated rings. The summed E-state index contributed by atoms with van der Waals surface area (Å²) in [5.41, 5.74) is 7.53. The number of amidine groups is 1. The van der Waals surface area contributed by atoms with E-state index in [1.54, 1.807) is 7.11 Å². The maximum absolute atomic E-state index is 5.74. The second-order valence-corrected chi connectivity index (χ2v) is 4.59. The van der Waals surface area contributed by atoms with Crippen LogP contribution in [0.15, 0.2) is 22.3 Å². The lowest BCUT2D eigenvalue weighted by Crippen LogP contribution is -2.26. The molecule has 1 aromatic carbocycles. The normalized spacial score (nSPS) is 20.8. The van der Waals surface area contributed by atoms with Gasteiger partial charge in [0.1, 0.15) is 5.84 Å². The maximum Gasteiger partial charge on any atom is 0.231 e. The van der Waals surface area contributed by atoms with Crippen LogP contribution in [-0.2, 0) is 0 Å². The van der Waals surface area contributed by atoms with Crippen LogP contribution >= 0.6 is 0 Å². The first kappa shape index (κ1) is 11.8. The van der Waals surface area contributed by atoms with Gasteiger partial charge in [0.2, 0.25) is 12.5 Å². The molecule has 2 N–H and O–H groups in total. The maximum atomic E-state index is 5.74. The number of fused-ring (bicyclic) bond motifs is 1. The van der Waals surface area contributed by atoms with Gasteiger partial charge in [0.25, 0.3) is 0 Å². The fourth-order valence-electron chi connectivity index (χ4n) is 2.12.